The first kappa shape index (κ1) is 32.9. The molecule has 0 spiro atoms. The van der Waals surface area contributed by atoms with Gasteiger partial charge in [0, 0.05) is 18.1 Å². The zero-order valence-corrected chi connectivity index (χ0v) is 26.2. The second-order valence-electron chi connectivity index (χ2n) is 9.97. The Kier molecular flexibility index (Phi) is 12.2. The van der Waals surface area contributed by atoms with Gasteiger partial charge in [-0.05, 0) is 80.8 Å². The SMILES string of the molecule is CCCCNC(=O)[C@H](CC)N(Cc1ccc(Cl)cc1)C(=O)CN(c1ccc(C)cc1)S(=O)(=O)c1ccc(OCC)cc1. The Balaban J connectivity index is 2.02. The Morgan fingerprint density at radius 2 is 1.57 bits per heavy atom. The number of rotatable bonds is 15. The average Bonchev–Trinajstić information content (AvgIpc) is 2.98. The van der Waals surface area contributed by atoms with Crippen LogP contribution in [0.25, 0.3) is 0 Å². The normalized spacial score (nSPS) is 11.9. The summed E-state index contributed by atoms with van der Waals surface area (Å²) in [7, 11) is -4.16. The number of nitrogens with zero attached hydrogens (tertiary/aromatic N) is 2. The molecule has 3 aromatic carbocycles. The largest absolute Gasteiger partial charge is 0.494 e. The number of halogens is 1. The predicted molar refractivity (Wildman–Crippen MR) is 167 cm³/mol. The number of unbranched alkanes of at least 4 members (excludes halogenated alkanes) is 1. The number of ether oxygens (including phenoxy) is 1. The average molecular weight is 614 g/mol. The van der Waals surface area contributed by atoms with Gasteiger partial charge >= 0.3 is 0 Å². The summed E-state index contributed by atoms with van der Waals surface area (Å²) in [5, 5.41) is 3.48. The molecule has 3 aromatic rings. The van der Waals surface area contributed by atoms with Crippen LogP contribution in [0.5, 0.6) is 5.75 Å². The van der Waals surface area contributed by atoms with Crippen molar-refractivity contribution in [2.75, 3.05) is 24.0 Å². The molecule has 0 aliphatic rings. The predicted octanol–water partition coefficient (Wildman–Crippen LogP) is 5.97. The smallest absolute Gasteiger partial charge is 0.264 e. The van der Waals surface area contributed by atoms with Crippen molar-refractivity contribution in [2.24, 2.45) is 0 Å². The van der Waals surface area contributed by atoms with Crippen molar-refractivity contribution in [3.05, 3.63) is 88.9 Å². The lowest BCUT2D eigenvalue weighted by Crippen LogP contribution is -2.52. The highest BCUT2D eigenvalue weighted by Crippen LogP contribution is 2.27. The van der Waals surface area contributed by atoms with Gasteiger partial charge in [-0.2, -0.15) is 0 Å². The molecule has 0 unspecified atom stereocenters. The minimum atomic E-state index is -4.16. The molecule has 0 radical (unpaired) electrons. The van der Waals surface area contributed by atoms with Crippen LogP contribution in [0.2, 0.25) is 5.02 Å². The number of hydrogen-bond donors (Lipinski definition) is 1. The van der Waals surface area contributed by atoms with E-state index in [0.29, 0.717) is 36.0 Å². The van der Waals surface area contributed by atoms with Crippen molar-refractivity contribution in [3.8, 4) is 5.75 Å². The summed E-state index contributed by atoms with van der Waals surface area (Å²) in [4.78, 5) is 28.9. The van der Waals surface area contributed by atoms with Gasteiger partial charge in [-0.1, -0.05) is 61.7 Å². The van der Waals surface area contributed by atoms with Gasteiger partial charge in [-0.15, -0.1) is 0 Å². The van der Waals surface area contributed by atoms with Crippen LogP contribution in [-0.4, -0.2) is 50.9 Å². The highest BCUT2D eigenvalue weighted by atomic mass is 35.5. The number of amides is 2. The van der Waals surface area contributed by atoms with E-state index in [0.717, 1.165) is 28.3 Å². The van der Waals surface area contributed by atoms with Crippen molar-refractivity contribution in [2.45, 2.75) is 64.4 Å². The van der Waals surface area contributed by atoms with Gasteiger partial charge in [0.05, 0.1) is 17.2 Å². The second kappa shape index (κ2) is 15.6. The molecule has 0 bridgehead atoms. The van der Waals surface area contributed by atoms with Gasteiger partial charge in [0.2, 0.25) is 11.8 Å². The first-order valence-corrected chi connectivity index (χ1v) is 16.1. The Morgan fingerprint density at radius 1 is 0.929 bits per heavy atom. The molecule has 226 valence electrons. The minimum absolute atomic E-state index is 0.0212. The van der Waals surface area contributed by atoms with E-state index in [9.17, 15) is 18.0 Å². The number of benzene rings is 3. The summed E-state index contributed by atoms with van der Waals surface area (Å²) in [5.74, 6) is -0.231. The lowest BCUT2D eigenvalue weighted by atomic mass is 10.1. The molecule has 0 heterocycles. The van der Waals surface area contributed by atoms with E-state index in [4.69, 9.17) is 16.3 Å². The van der Waals surface area contributed by atoms with Gasteiger partial charge in [-0.3, -0.25) is 13.9 Å². The minimum Gasteiger partial charge on any atom is -0.494 e. The van der Waals surface area contributed by atoms with Crippen LogP contribution in [0.1, 0.15) is 51.2 Å². The molecule has 10 heteroatoms. The maximum absolute atomic E-state index is 14.1. The van der Waals surface area contributed by atoms with Crippen molar-refractivity contribution >= 4 is 39.1 Å². The molecule has 0 aromatic heterocycles. The van der Waals surface area contributed by atoms with Gasteiger partial charge in [-0.25, -0.2) is 8.42 Å². The zero-order valence-electron chi connectivity index (χ0n) is 24.7. The van der Waals surface area contributed by atoms with E-state index in [1.165, 1.54) is 17.0 Å². The van der Waals surface area contributed by atoms with E-state index >= 15 is 0 Å². The Bertz CT molecular complexity index is 1410. The van der Waals surface area contributed by atoms with Crippen LogP contribution in [0, 0.1) is 6.92 Å². The van der Waals surface area contributed by atoms with Crippen molar-refractivity contribution < 1.29 is 22.7 Å². The molecular formula is C32H40ClN3O5S. The fourth-order valence-electron chi connectivity index (χ4n) is 4.45. The summed E-state index contributed by atoms with van der Waals surface area (Å²) >= 11 is 6.08. The third kappa shape index (κ3) is 8.72. The molecule has 0 saturated carbocycles. The fraction of sp³-hybridized carbons (Fsp3) is 0.375. The monoisotopic (exact) mass is 613 g/mol. The Labute approximate surface area is 254 Å². The molecule has 1 N–H and O–H groups in total. The summed E-state index contributed by atoms with van der Waals surface area (Å²) in [6.45, 7) is 8.17. The summed E-state index contributed by atoms with van der Waals surface area (Å²) in [6.07, 6.45) is 2.09. The maximum atomic E-state index is 14.1. The highest BCUT2D eigenvalue weighted by molar-refractivity contribution is 7.92. The van der Waals surface area contributed by atoms with Crippen LogP contribution in [0.4, 0.5) is 5.69 Å². The lowest BCUT2D eigenvalue weighted by molar-refractivity contribution is -0.140. The number of nitrogens with one attached hydrogen (secondary N) is 1. The van der Waals surface area contributed by atoms with Crippen LogP contribution in [0.15, 0.2) is 77.7 Å². The maximum Gasteiger partial charge on any atom is 0.264 e. The molecule has 8 nitrogen and oxygen atoms in total. The fourth-order valence-corrected chi connectivity index (χ4v) is 5.99. The molecule has 2 amide bonds. The third-order valence-electron chi connectivity index (χ3n) is 6.81. The quantitative estimate of drug-likeness (QED) is 0.213. The second-order valence-corrected chi connectivity index (χ2v) is 12.3. The van der Waals surface area contributed by atoms with Crippen LogP contribution in [-0.2, 0) is 26.2 Å². The highest BCUT2D eigenvalue weighted by Gasteiger charge is 2.33. The van der Waals surface area contributed by atoms with E-state index in [2.05, 4.69) is 5.32 Å². The van der Waals surface area contributed by atoms with E-state index < -0.39 is 28.5 Å². The van der Waals surface area contributed by atoms with Crippen LogP contribution < -0.4 is 14.4 Å². The van der Waals surface area contributed by atoms with Crippen molar-refractivity contribution in [1.29, 1.82) is 0 Å². The molecule has 3 rings (SSSR count). The molecule has 1 atom stereocenters. The summed E-state index contributed by atoms with van der Waals surface area (Å²) < 4.78 is 34.6. The topological polar surface area (TPSA) is 96.0 Å². The van der Waals surface area contributed by atoms with E-state index in [1.807, 2.05) is 27.7 Å². The van der Waals surface area contributed by atoms with Gasteiger partial charge < -0.3 is 15.0 Å². The number of hydrogen-bond acceptors (Lipinski definition) is 5. The number of sulfonamides is 1. The number of carbonyl (C=O) groups excluding carboxylic acids is 2. The molecular weight excluding hydrogens is 574 g/mol. The molecule has 0 aliphatic carbocycles. The molecule has 0 fully saturated rings. The number of aryl methyl sites for hydroxylation is 1. The van der Waals surface area contributed by atoms with Crippen LogP contribution in [0.3, 0.4) is 0 Å². The van der Waals surface area contributed by atoms with Gasteiger partial charge in [0.15, 0.2) is 0 Å². The molecule has 42 heavy (non-hydrogen) atoms. The zero-order chi connectivity index (χ0) is 30.7. The summed E-state index contributed by atoms with van der Waals surface area (Å²) in [6, 6.07) is 19.3. The van der Waals surface area contributed by atoms with E-state index in [1.54, 1.807) is 60.7 Å². The Hall–Kier alpha value is -3.56. The first-order valence-electron chi connectivity index (χ1n) is 14.2. The third-order valence-corrected chi connectivity index (χ3v) is 8.85. The Morgan fingerprint density at radius 3 is 2.14 bits per heavy atom. The molecule has 0 saturated heterocycles. The standard InChI is InChI=1S/C32H40ClN3O5S/c1-5-8-21-34-32(38)30(6-2)35(22-25-11-13-26(33)14-12-25)31(37)23-36(27-15-9-24(4)10-16-27)42(39,40)29-19-17-28(18-20-29)41-7-3/h9-20,30H,5-8,21-23H2,1-4H3,(H,34,38)/t30-/m0/s1. The number of anilines is 1. The van der Waals surface area contributed by atoms with Gasteiger partial charge in [0.25, 0.3) is 10.0 Å². The van der Waals surface area contributed by atoms with E-state index in [-0.39, 0.29) is 17.3 Å². The first-order chi connectivity index (χ1) is 20.1. The van der Waals surface area contributed by atoms with Crippen molar-refractivity contribution in [1.82, 2.24) is 10.2 Å². The number of carbonyl (C=O) groups is 2. The van der Waals surface area contributed by atoms with Gasteiger partial charge in [0.1, 0.15) is 18.3 Å². The molecule has 0 aliphatic heterocycles. The van der Waals surface area contributed by atoms with Crippen LogP contribution >= 0.6 is 11.6 Å². The summed E-state index contributed by atoms with van der Waals surface area (Å²) in [5.41, 5.74) is 2.06. The lowest BCUT2D eigenvalue weighted by Gasteiger charge is -2.33. The van der Waals surface area contributed by atoms with Crippen molar-refractivity contribution in [3.63, 3.8) is 0 Å².